The van der Waals surface area contributed by atoms with E-state index < -0.39 is 11.9 Å². The average Bonchev–Trinajstić information content (AvgIpc) is 2.27. The molecule has 0 spiro atoms. The van der Waals surface area contributed by atoms with Gasteiger partial charge in [-0.05, 0) is 19.2 Å². The molecule has 0 saturated heterocycles. The molecule has 17 heavy (non-hydrogen) atoms. The fraction of sp³-hybridized carbons (Fsp3) is 0.636. The molecule has 5 nitrogen and oxygen atoms in total. The summed E-state index contributed by atoms with van der Waals surface area (Å²) in [5.74, 6) is -1.17. The number of carboxylic acid groups (broad SMARTS) is 2. The molecule has 1 aliphatic rings. The highest BCUT2D eigenvalue weighted by molar-refractivity contribution is 7.99. The van der Waals surface area contributed by atoms with E-state index in [0.717, 1.165) is 0 Å². The molecule has 0 aliphatic carbocycles. The van der Waals surface area contributed by atoms with Gasteiger partial charge in [-0.15, -0.1) is 0 Å². The molecule has 1 aliphatic heterocycles. The number of hydrogen-bond acceptors (Lipinski definition) is 4. The minimum Gasteiger partial charge on any atom is -0.473 e. The molecule has 0 amide bonds. The third-order valence-electron chi connectivity index (χ3n) is 2.09. The number of nitrogens with zero attached hydrogens (tertiary/aromatic N) is 1. The van der Waals surface area contributed by atoms with Crippen molar-refractivity contribution in [2.75, 3.05) is 31.6 Å². The summed E-state index contributed by atoms with van der Waals surface area (Å²) in [6.45, 7) is 4.64. The quantitative estimate of drug-likeness (QED) is 0.586. The molecular formula is C11H19NO4S. The second-order valence-corrected chi connectivity index (χ2v) is 4.91. The van der Waals surface area contributed by atoms with E-state index in [0.29, 0.717) is 0 Å². The van der Waals surface area contributed by atoms with Crippen LogP contribution >= 0.6 is 11.8 Å². The number of carboxylic acids is 2. The van der Waals surface area contributed by atoms with Crippen LogP contribution in [0, 0.1) is 0 Å². The molecule has 0 fully saturated rings. The van der Waals surface area contributed by atoms with E-state index in [9.17, 15) is 0 Å². The van der Waals surface area contributed by atoms with Crippen LogP contribution in [0.2, 0.25) is 0 Å². The third-order valence-corrected chi connectivity index (χ3v) is 3.07. The summed E-state index contributed by atoms with van der Waals surface area (Å²) in [5, 5.41) is 14.8. The van der Waals surface area contributed by atoms with Gasteiger partial charge in [-0.3, -0.25) is 0 Å². The Hall–Kier alpha value is -1.01. The summed E-state index contributed by atoms with van der Waals surface area (Å²) < 4.78 is 0. The average molecular weight is 261 g/mol. The fourth-order valence-electron chi connectivity index (χ4n) is 1.32. The van der Waals surface area contributed by atoms with Crippen LogP contribution in [0.4, 0.5) is 0 Å². The molecule has 0 aromatic rings. The number of aliphatic carboxylic acids is 2. The molecule has 0 bridgehead atoms. The zero-order valence-electron chi connectivity index (χ0n) is 10.2. The predicted molar refractivity (Wildman–Crippen MR) is 68.5 cm³/mol. The van der Waals surface area contributed by atoms with Crippen LogP contribution in [0.25, 0.3) is 0 Å². The highest BCUT2D eigenvalue weighted by Crippen LogP contribution is 2.13. The first-order valence-electron chi connectivity index (χ1n) is 5.37. The molecule has 2 N–H and O–H groups in total. The van der Waals surface area contributed by atoms with Gasteiger partial charge in [-0.2, -0.15) is 11.8 Å². The van der Waals surface area contributed by atoms with Crippen LogP contribution in [0.5, 0.6) is 0 Å². The Kier molecular flexibility index (Phi) is 8.53. The number of hydrogen-bond donors (Lipinski definition) is 2. The number of likely N-dealkylation sites (N-methyl/N-ethyl adjacent to an activating group) is 1. The number of thioether (sulfide) groups is 1. The van der Waals surface area contributed by atoms with Crippen LogP contribution in [0.15, 0.2) is 11.6 Å². The molecule has 98 valence electrons. The van der Waals surface area contributed by atoms with Gasteiger partial charge in [0.15, 0.2) is 0 Å². The maximum absolute atomic E-state index is 9.10. The lowest BCUT2D eigenvalue weighted by Gasteiger charge is -2.22. The van der Waals surface area contributed by atoms with E-state index in [1.807, 2.05) is 11.8 Å². The molecule has 0 aromatic carbocycles. The van der Waals surface area contributed by atoms with Crippen LogP contribution in [-0.4, -0.2) is 58.7 Å². The first-order chi connectivity index (χ1) is 7.97. The Morgan fingerprint density at radius 2 is 2.00 bits per heavy atom. The Morgan fingerprint density at radius 3 is 2.41 bits per heavy atom. The minimum atomic E-state index is -1.82. The van der Waals surface area contributed by atoms with Crippen LogP contribution < -0.4 is 0 Å². The minimum absolute atomic E-state index is 1.19. The summed E-state index contributed by atoms with van der Waals surface area (Å²) in [7, 11) is 2.20. The normalized spacial score (nSPS) is 15.5. The topological polar surface area (TPSA) is 77.8 Å². The summed E-state index contributed by atoms with van der Waals surface area (Å²) in [6.07, 6.45) is 3.65. The zero-order valence-corrected chi connectivity index (χ0v) is 11.0. The highest BCUT2D eigenvalue weighted by Gasteiger charge is 2.07. The van der Waals surface area contributed by atoms with Crippen molar-refractivity contribution in [1.82, 2.24) is 4.90 Å². The summed E-state index contributed by atoms with van der Waals surface area (Å²) in [5.41, 5.74) is 1.62. The molecular weight excluding hydrogens is 242 g/mol. The smallest absolute Gasteiger partial charge is 0.414 e. The van der Waals surface area contributed by atoms with Gasteiger partial charge >= 0.3 is 11.9 Å². The largest absolute Gasteiger partial charge is 0.473 e. The van der Waals surface area contributed by atoms with Crippen molar-refractivity contribution in [2.24, 2.45) is 0 Å². The second kappa shape index (κ2) is 9.07. The first-order valence-corrected chi connectivity index (χ1v) is 6.53. The Labute approximate surface area is 105 Å². The molecule has 0 atom stereocenters. The first kappa shape index (κ1) is 16.0. The van der Waals surface area contributed by atoms with Gasteiger partial charge in [0.25, 0.3) is 0 Å². The van der Waals surface area contributed by atoms with Crippen molar-refractivity contribution < 1.29 is 19.8 Å². The van der Waals surface area contributed by atoms with Crippen LogP contribution in [-0.2, 0) is 9.59 Å². The van der Waals surface area contributed by atoms with Crippen LogP contribution in [0.3, 0.4) is 0 Å². The molecule has 1 heterocycles. The van der Waals surface area contributed by atoms with Crippen molar-refractivity contribution in [3.05, 3.63) is 11.6 Å². The van der Waals surface area contributed by atoms with E-state index in [-0.39, 0.29) is 0 Å². The van der Waals surface area contributed by atoms with Crippen molar-refractivity contribution in [3.63, 3.8) is 0 Å². The second-order valence-electron chi connectivity index (χ2n) is 3.64. The molecule has 1 rings (SSSR count). The summed E-state index contributed by atoms with van der Waals surface area (Å²) >= 11 is 2.02. The van der Waals surface area contributed by atoms with Gasteiger partial charge in [0.05, 0.1) is 0 Å². The highest BCUT2D eigenvalue weighted by atomic mass is 32.2. The standard InChI is InChI=1S/C9H17NS.C2H2O4/c1-3-11-8-9-5-4-6-10(2)7-9;3-1(4)2(5)6/h5H,3-4,6-8H2,1-2H3;(H,3,4)(H,5,6). The van der Waals surface area contributed by atoms with Crippen molar-refractivity contribution >= 4 is 23.7 Å². The number of carbonyl (C=O) groups is 2. The number of rotatable bonds is 3. The van der Waals surface area contributed by atoms with E-state index in [4.69, 9.17) is 19.8 Å². The van der Waals surface area contributed by atoms with Crippen molar-refractivity contribution in [3.8, 4) is 0 Å². The maximum Gasteiger partial charge on any atom is 0.414 e. The van der Waals surface area contributed by atoms with Gasteiger partial charge in [0.1, 0.15) is 0 Å². The SMILES string of the molecule is CCSCC1=CCCN(C)C1.O=C(O)C(=O)O. The molecule has 0 radical (unpaired) electrons. The lowest BCUT2D eigenvalue weighted by atomic mass is 10.1. The molecule has 0 unspecified atom stereocenters. The molecule has 0 saturated carbocycles. The molecule has 0 aromatic heterocycles. The van der Waals surface area contributed by atoms with Gasteiger partial charge in [0.2, 0.25) is 0 Å². The summed E-state index contributed by atoms with van der Waals surface area (Å²) in [4.78, 5) is 20.6. The van der Waals surface area contributed by atoms with E-state index in [1.54, 1.807) is 5.57 Å². The Morgan fingerprint density at radius 1 is 1.41 bits per heavy atom. The fourth-order valence-corrected chi connectivity index (χ4v) is 1.99. The van der Waals surface area contributed by atoms with Gasteiger partial charge in [-0.25, -0.2) is 9.59 Å². The Balaban J connectivity index is 0.000000366. The van der Waals surface area contributed by atoms with E-state index >= 15 is 0 Å². The monoisotopic (exact) mass is 261 g/mol. The third kappa shape index (κ3) is 8.76. The lowest BCUT2D eigenvalue weighted by molar-refractivity contribution is -0.159. The summed E-state index contributed by atoms with van der Waals surface area (Å²) in [6, 6.07) is 0. The molecule has 6 heteroatoms. The van der Waals surface area contributed by atoms with Crippen molar-refractivity contribution in [2.45, 2.75) is 13.3 Å². The maximum atomic E-state index is 9.10. The van der Waals surface area contributed by atoms with Gasteiger partial charge in [0, 0.05) is 18.8 Å². The zero-order chi connectivity index (χ0) is 13.3. The van der Waals surface area contributed by atoms with E-state index in [1.165, 1.54) is 31.0 Å². The van der Waals surface area contributed by atoms with Gasteiger partial charge < -0.3 is 15.1 Å². The lowest BCUT2D eigenvalue weighted by Crippen LogP contribution is -2.26. The van der Waals surface area contributed by atoms with Crippen LogP contribution in [0.1, 0.15) is 13.3 Å². The van der Waals surface area contributed by atoms with Gasteiger partial charge in [-0.1, -0.05) is 18.6 Å². The predicted octanol–water partition coefficient (Wildman–Crippen LogP) is 1.16. The Bertz CT molecular complexity index is 279. The van der Waals surface area contributed by atoms with Crippen molar-refractivity contribution in [1.29, 1.82) is 0 Å². The van der Waals surface area contributed by atoms with E-state index in [2.05, 4.69) is 24.9 Å².